The van der Waals surface area contributed by atoms with E-state index in [0.717, 1.165) is 16.7 Å². The molecular weight excluding hydrogens is 252 g/mol. The maximum absolute atomic E-state index is 11.5. The Labute approximate surface area is 117 Å². The van der Waals surface area contributed by atoms with E-state index in [4.69, 9.17) is 0 Å². The highest BCUT2D eigenvalue weighted by molar-refractivity contribution is 5.83. The summed E-state index contributed by atoms with van der Waals surface area (Å²) < 4.78 is 0. The molecule has 2 aromatic carbocycles. The maximum Gasteiger partial charge on any atom is 0.314 e. The predicted octanol–water partition coefficient (Wildman–Crippen LogP) is 2.83. The van der Waals surface area contributed by atoms with Gasteiger partial charge < -0.3 is 10.2 Å². The molecule has 1 aliphatic rings. The zero-order valence-corrected chi connectivity index (χ0v) is 11.0. The first kappa shape index (κ1) is 12.9. The average Bonchev–Trinajstić information content (AvgIpc) is 2.44. The molecule has 3 rings (SSSR count). The van der Waals surface area contributed by atoms with Crippen molar-refractivity contribution in [1.82, 2.24) is 0 Å². The van der Waals surface area contributed by atoms with Crippen LogP contribution in [0.2, 0.25) is 0 Å². The first-order valence-corrected chi connectivity index (χ1v) is 6.69. The molecule has 2 N–H and O–H groups in total. The Kier molecular flexibility index (Phi) is 3.07. The maximum atomic E-state index is 11.5. The molecule has 1 fully saturated rings. The fourth-order valence-electron chi connectivity index (χ4n) is 2.89. The lowest BCUT2D eigenvalue weighted by atomic mass is 9.62. The highest BCUT2D eigenvalue weighted by atomic mass is 16.4. The van der Waals surface area contributed by atoms with Crippen molar-refractivity contribution < 1.29 is 15.0 Å². The summed E-state index contributed by atoms with van der Waals surface area (Å²) in [6, 6.07) is 17.6. The van der Waals surface area contributed by atoms with E-state index in [1.807, 2.05) is 54.6 Å². The Balaban J connectivity index is 1.92. The summed E-state index contributed by atoms with van der Waals surface area (Å²) in [7, 11) is 0. The van der Waals surface area contributed by atoms with Crippen molar-refractivity contribution in [2.75, 3.05) is 0 Å². The Morgan fingerprint density at radius 3 is 2.00 bits per heavy atom. The largest absolute Gasteiger partial charge is 0.481 e. The lowest BCUT2D eigenvalue weighted by molar-refractivity contribution is -0.152. The molecular formula is C17H16O3. The molecule has 0 radical (unpaired) electrons. The van der Waals surface area contributed by atoms with E-state index in [-0.39, 0.29) is 0 Å². The first-order chi connectivity index (χ1) is 9.62. The molecule has 0 aliphatic heterocycles. The molecule has 0 amide bonds. The number of hydrogen-bond acceptors (Lipinski definition) is 2. The molecule has 0 bridgehead atoms. The van der Waals surface area contributed by atoms with Crippen LogP contribution >= 0.6 is 0 Å². The standard InChI is InChI=1S/C17H16O3/c18-15-10-17(11-15,16(19)20)14-8-6-13(7-9-14)12-4-2-1-3-5-12/h1-9,15,18H,10-11H2,(H,19,20). The molecule has 1 aliphatic carbocycles. The number of hydrogen-bond donors (Lipinski definition) is 2. The molecule has 0 spiro atoms. The molecule has 2 aromatic rings. The van der Waals surface area contributed by atoms with Gasteiger partial charge in [0.2, 0.25) is 0 Å². The smallest absolute Gasteiger partial charge is 0.314 e. The van der Waals surface area contributed by atoms with Crippen LogP contribution in [0.15, 0.2) is 54.6 Å². The van der Waals surface area contributed by atoms with E-state index in [0.29, 0.717) is 12.8 Å². The van der Waals surface area contributed by atoms with Crippen molar-refractivity contribution in [3.8, 4) is 11.1 Å². The lowest BCUT2D eigenvalue weighted by Crippen LogP contribution is -2.50. The van der Waals surface area contributed by atoms with Gasteiger partial charge in [0.05, 0.1) is 11.5 Å². The number of carboxylic acid groups (broad SMARTS) is 1. The average molecular weight is 268 g/mol. The van der Waals surface area contributed by atoms with Gasteiger partial charge in [-0.05, 0) is 29.5 Å². The van der Waals surface area contributed by atoms with Crippen molar-refractivity contribution >= 4 is 5.97 Å². The van der Waals surface area contributed by atoms with Gasteiger partial charge in [-0.25, -0.2) is 0 Å². The van der Waals surface area contributed by atoms with Crippen LogP contribution in [-0.2, 0) is 10.2 Å². The molecule has 1 saturated carbocycles. The summed E-state index contributed by atoms with van der Waals surface area (Å²) in [4.78, 5) is 11.5. The molecule has 102 valence electrons. The van der Waals surface area contributed by atoms with Crippen molar-refractivity contribution in [1.29, 1.82) is 0 Å². The second-order valence-corrected chi connectivity index (χ2v) is 5.39. The third-order valence-corrected chi connectivity index (χ3v) is 4.12. The number of rotatable bonds is 3. The summed E-state index contributed by atoms with van der Waals surface area (Å²) in [5.74, 6) is -0.852. The monoisotopic (exact) mass is 268 g/mol. The van der Waals surface area contributed by atoms with Crippen LogP contribution in [0, 0.1) is 0 Å². The molecule has 0 heterocycles. The summed E-state index contributed by atoms with van der Waals surface area (Å²) in [6.07, 6.45) is 0.0972. The van der Waals surface area contributed by atoms with E-state index in [9.17, 15) is 15.0 Å². The highest BCUT2D eigenvalue weighted by Gasteiger charge is 2.51. The highest BCUT2D eigenvalue weighted by Crippen LogP contribution is 2.44. The summed E-state index contributed by atoms with van der Waals surface area (Å²) in [5.41, 5.74) is 2.04. The third kappa shape index (κ3) is 2.00. The van der Waals surface area contributed by atoms with E-state index >= 15 is 0 Å². The number of aliphatic hydroxyl groups excluding tert-OH is 1. The van der Waals surface area contributed by atoms with Gasteiger partial charge in [-0.1, -0.05) is 54.6 Å². The Hall–Kier alpha value is -2.13. The molecule has 3 heteroatoms. The van der Waals surface area contributed by atoms with Crippen molar-refractivity contribution in [2.45, 2.75) is 24.4 Å². The number of carboxylic acids is 1. The molecule has 0 unspecified atom stereocenters. The van der Waals surface area contributed by atoms with Crippen LogP contribution < -0.4 is 0 Å². The SMILES string of the molecule is O=C(O)C1(c2ccc(-c3ccccc3)cc2)CC(O)C1. The number of aliphatic hydroxyl groups is 1. The summed E-state index contributed by atoms with van der Waals surface area (Å²) in [5, 5.41) is 18.9. The molecule has 3 nitrogen and oxygen atoms in total. The van der Waals surface area contributed by atoms with Crippen molar-refractivity contribution in [3.05, 3.63) is 60.2 Å². The predicted molar refractivity (Wildman–Crippen MR) is 76.4 cm³/mol. The van der Waals surface area contributed by atoms with E-state index in [1.165, 1.54) is 0 Å². The van der Waals surface area contributed by atoms with Crippen LogP contribution in [0.4, 0.5) is 0 Å². The number of benzene rings is 2. The normalized spacial score (nSPS) is 24.9. The van der Waals surface area contributed by atoms with Crippen LogP contribution in [0.3, 0.4) is 0 Å². The van der Waals surface area contributed by atoms with Gasteiger partial charge in [-0.15, -0.1) is 0 Å². The zero-order valence-electron chi connectivity index (χ0n) is 11.0. The van der Waals surface area contributed by atoms with Gasteiger partial charge in [-0.2, -0.15) is 0 Å². The Morgan fingerprint density at radius 1 is 0.950 bits per heavy atom. The second-order valence-electron chi connectivity index (χ2n) is 5.39. The minimum atomic E-state index is -0.908. The van der Waals surface area contributed by atoms with E-state index in [1.54, 1.807) is 0 Å². The van der Waals surface area contributed by atoms with Gasteiger partial charge in [0.15, 0.2) is 0 Å². The molecule has 0 atom stereocenters. The quantitative estimate of drug-likeness (QED) is 0.900. The van der Waals surface area contributed by atoms with Gasteiger partial charge in [-0.3, -0.25) is 4.79 Å². The fourth-order valence-corrected chi connectivity index (χ4v) is 2.89. The topological polar surface area (TPSA) is 57.5 Å². The molecule has 0 saturated heterocycles. The van der Waals surface area contributed by atoms with Crippen LogP contribution in [-0.4, -0.2) is 22.3 Å². The summed E-state index contributed by atoms with van der Waals surface area (Å²) >= 11 is 0. The summed E-state index contributed by atoms with van der Waals surface area (Å²) in [6.45, 7) is 0. The van der Waals surface area contributed by atoms with E-state index < -0.39 is 17.5 Å². The van der Waals surface area contributed by atoms with Gasteiger partial charge in [0.1, 0.15) is 0 Å². The zero-order chi connectivity index (χ0) is 14.2. The van der Waals surface area contributed by atoms with Gasteiger partial charge in [0, 0.05) is 0 Å². The van der Waals surface area contributed by atoms with Crippen LogP contribution in [0.5, 0.6) is 0 Å². The Bertz CT molecular complexity index is 610. The van der Waals surface area contributed by atoms with Crippen molar-refractivity contribution in [3.63, 3.8) is 0 Å². The Morgan fingerprint density at radius 2 is 1.50 bits per heavy atom. The second kappa shape index (κ2) is 4.76. The van der Waals surface area contributed by atoms with Crippen molar-refractivity contribution in [2.24, 2.45) is 0 Å². The first-order valence-electron chi connectivity index (χ1n) is 6.69. The van der Waals surface area contributed by atoms with Gasteiger partial charge in [0.25, 0.3) is 0 Å². The van der Waals surface area contributed by atoms with Crippen LogP contribution in [0.25, 0.3) is 11.1 Å². The molecule has 0 aromatic heterocycles. The fraction of sp³-hybridized carbons (Fsp3) is 0.235. The number of carbonyl (C=O) groups is 1. The minimum Gasteiger partial charge on any atom is -0.481 e. The van der Waals surface area contributed by atoms with Gasteiger partial charge >= 0.3 is 5.97 Å². The molecule has 20 heavy (non-hydrogen) atoms. The lowest BCUT2D eigenvalue weighted by Gasteiger charge is -2.42. The van der Waals surface area contributed by atoms with Crippen LogP contribution in [0.1, 0.15) is 18.4 Å². The van der Waals surface area contributed by atoms with E-state index in [2.05, 4.69) is 0 Å². The minimum absolute atomic E-state index is 0.299. The number of aliphatic carboxylic acids is 1. The third-order valence-electron chi connectivity index (χ3n) is 4.12.